The first kappa shape index (κ1) is 13.3. The highest BCUT2D eigenvalue weighted by molar-refractivity contribution is 6.30. The maximum Gasteiger partial charge on any atom is 0.128 e. The van der Waals surface area contributed by atoms with Gasteiger partial charge in [0.2, 0.25) is 0 Å². The Morgan fingerprint density at radius 2 is 1.80 bits per heavy atom. The van der Waals surface area contributed by atoms with Gasteiger partial charge in [-0.05, 0) is 42.7 Å². The molecule has 4 heteroatoms. The van der Waals surface area contributed by atoms with E-state index in [1.807, 2.05) is 30.5 Å². The summed E-state index contributed by atoms with van der Waals surface area (Å²) in [6, 6.07) is 12.1. The minimum Gasteiger partial charge on any atom is -0.380 e. The van der Waals surface area contributed by atoms with Gasteiger partial charge in [-0.1, -0.05) is 23.7 Å². The Morgan fingerprint density at radius 1 is 1.05 bits per heavy atom. The van der Waals surface area contributed by atoms with E-state index in [0.717, 1.165) is 36.2 Å². The molecule has 2 aromatic rings. The van der Waals surface area contributed by atoms with E-state index in [4.69, 9.17) is 11.6 Å². The molecule has 1 saturated heterocycles. The first-order chi connectivity index (χ1) is 9.81. The summed E-state index contributed by atoms with van der Waals surface area (Å²) in [5, 5.41) is 4.14. The molecule has 0 atom stereocenters. The Bertz CT molecular complexity index is 545. The molecule has 0 bridgehead atoms. The third kappa shape index (κ3) is 3.23. The zero-order chi connectivity index (χ0) is 13.8. The lowest BCUT2D eigenvalue weighted by molar-refractivity contribution is 0.937. The van der Waals surface area contributed by atoms with Gasteiger partial charge >= 0.3 is 0 Å². The lowest BCUT2D eigenvalue weighted by Gasteiger charge is -2.16. The van der Waals surface area contributed by atoms with Gasteiger partial charge in [0.05, 0.1) is 11.9 Å². The van der Waals surface area contributed by atoms with Gasteiger partial charge in [0.15, 0.2) is 0 Å². The second kappa shape index (κ2) is 6.14. The van der Waals surface area contributed by atoms with Crippen molar-refractivity contribution >= 4 is 23.1 Å². The van der Waals surface area contributed by atoms with Crippen LogP contribution >= 0.6 is 11.6 Å². The monoisotopic (exact) mass is 287 g/mol. The zero-order valence-corrected chi connectivity index (χ0v) is 12.1. The number of nitrogens with one attached hydrogen (secondary N) is 1. The Balaban J connectivity index is 1.59. The summed E-state index contributed by atoms with van der Waals surface area (Å²) in [6.45, 7) is 3.04. The smallest absolute Gasteiger partial charge is 0.128 e. The maximum absolute atomic E-state index is 5.87. The molecule has 0 spiro atoms. The summed E-state index contributed by atoms with van der Waals surface area (Å²) in [5.74, 6) is 1.08. The van der Waals surface area contributed by atoms with Crippen molar-refractivity contribution in [2.45, 2.75) is 19.4 Å². The third-order valence-corrected chi connectivity index (χ3v) is 3.84. The van der Waals surface area contributed by atoms with E-state index in [1.54, 1.807) is 0 Å². The predicted molar refractivity (Wildman–Crippen MR) is 84.5 cm³/mol. The van der Waals surface area contributed by atoms with Crippen molar-refractivity contribution in [2.24, 2.45) is 0 Å². The largest absolute Gasteiger partial charge is 0.380 e. The number of halogens is 1. The van der Waals surface area contributed by atoms with Crippen LogP contribution in [-0.2, 0) is 6.54 Å². The molecular formula is C16H18ClN3. The summed E-state index contributed by atoms with van der Waals surface area (Å²) < 4.78 is 0. The Labute approximate surface area is 124 Å². The number of pyridine rings is 1. The molecule has 0 saturated carbocycles. The highest BCUT2D eigenvalue weighted by Crippen LogP contribution is 2.19. The van der Waals surface area contributed by atoms with Crippen LogP contribution in [0.1, 0.15) is 18.4 Å². The Hall–Kier alpha value is -1.74. The van der Waals surface area contributed by atoms with Crippen LogP contribution in [-0.4, -0.2) is 18.1 Å². The fourth-order valence-corrected chi connectivity index (χ4v) is 2.56. The number of hydrogen-bond acceptors (Lipinski definition) is 3. The van der Waals surface area contributed by atoms with E-state index >= 15 is 0 Å². The van der Waals surface area contributed by atoms with Crippen LogP contribution < -0.4 is 10.2 Å². The third-order valence-electron chi connectivity index (χ3n) is 3.59. The van der Waals surface area contributed by atoms with Gasteiger partial charge in [-0.15, -0.1) is 0 Å². The first-order valence-electron chi connectivity index (χ1n) is 7.00. The number of aromatic nitrogens is 1. The van der Waals surface area contributed by atoms with E-state index in [9.17, 15) is 0 Å². The minimum absolute atomic E-state index is 0.769. The molecule has 3 rings (SSSR count). The first-order valence-corrected chi connectivity index (χ1v) is 7.38. The van der Waals surface area contributed by atoms with Gasteiger partial charge in [-0.3, -0.25) is 0 Å². The summed E-state index contributed by atoms with van der Waals surface area (Å²) >= 11 is 5.87. The van der Waals surface area contributed by atoms with E-state index < -0.39 is 0 Å². The molecule has 104 valence electrons. The topological polar surface area (TPSA) is 28.2 Å². The lowest BCUT2D eigenvalue weighted by Crippen LogP contribution is -2.18. The molecule has 1 aliphatic heterocycles. The van der Waals surface area contributed by atoms with E-state index in [0.29, 0.717) is 0 Å². The highest BCUT2D eigenvalue weighted by atomic mass is 35.5. The van der Waals surface area contributed by atoms with Crippen LogP contribution in [0.4, 0.5) is 11.5 Å². The molecule has 1 N–H and O–H groups in total. The van der Waals surface area contributed by atoms with Gasteiger partial charge in [0.1, 0.15) is 5.82 Å². The Kier molecular flexibility index (Phi) is 4.07. The molecular weight excluding hydrogens is 270 g/mol. The maximum atomic E-state index is 5.87. The molecule has 1 aromatic carbocycles. The van der Waals surface area contributed by atoms with Crippen molar-refractivity contribution in [3.63, 3.8) is 0 Å². The van der Waals surface area contributed by atoms with Gasteiger partial charge in [0, 0.05) is 24.7 Å². The molecule has 3 nitrogen and oxygen atoms in total. The molecule has 0 radical (unpaired) electrons. The summed E-state index contributed by atoms with van der Waals surface area (Å²) in [5.41, 5.74) is 2.25. The normalized spacial score (nSPS) is 14.6. The molecule has 1 fully saturated rings. The van der Waals surface area contributed by atoms with E-state index in [2.05, 4.69) is 27.3 Å². The summed E-state index contributed by atoms with van der Waals surface area (Å²) in [6.07, 6.45) is 4.46. The lowest BCUT2D eigenvalue weighted by atomic mass is 10.2. The van der Waals surface area contributed by atoms with Crippen molar-refractivity contribution in [3.05, 3.63) is 53.2 Å². The molecule has 20 heavy (non-hydrogen) atoms. The quantitative estimate of drug-likeness (QED) is 0.923. The van der Waals surface area contributed by atoms with Crippen LogP contribution in [0.25, 0.3) is 0 Å². The molecule has 1 aromatic heterocycles. The fourth-order valence-electron chi connectivity index (χ4n) is 2.43. The molecule has 0 unspecified atom stereocenters. The number of nitrogens with zero attached hydrogens (tertiary/aromatic N) is 2. The number of rotatable bonds is 4. The van der Waals surface area contributed by atoms with E-state index in [1.165, 1.54) is 18.4 Å². The van der Waals surface area contributed by atoms with Gasteiger partial charge in [-0.2, -0.15) is 0 Å². The van der Waals surface area contributed by atoms with Gasteiger partial charge in [-0.25, -0.2) is 4.98 Å². The SMILES string of the molecule is Clc1ccc(CNc2ccc(N3CCCC3)nc2)cc1. The van der Waals surface area contributed by atoms with Crippen molar-refractivity contribution in [2.75, 3.05) is 23.3 Å². The molecule has 0 aliphatic carbocycles. The second-order valence-electron chi connectivity index (χ2n) is 5.08. The average molecular weight is 288 g/mol. The standard InChI is InChI=1S/C16H18ClN3/c17-14-5-3-13(4-6-14)11-18-15-7-8-16(19-12-15)20-9-1-2-10-20/h3-8,12,18H,1-2,9-11H2. The highest BCUT2D eigenvalue weighted by Gasteiger charge is 2.12. The van der Waals surface area contributed by atoms with Crippen LogP contribution in [0.3, 0.4) is 0 Å². The number of anilines is 2. The van der Waals surface area contributed by atoms with Crippen molar-refractivity contribution in [3.8, 4) is 0 Å². The molecule has 0 amide bonds. The zero-order valence-electron chi connectivity index (χ0n) is 11.3. The van der Waals surface area contributed by atoms with Gasteiger partial charge < -0.3 is 10.2 Å². The second-order valence-corrected chi connectivity index (χ2v) is 5.52. The van der Waals surface area contributed by atoms with Crippen LogP contribution in [0.15, 0.2) is 42.6 Å². The van der Waals surface area contributed by atoms with Crippen molar-refractivity contribution in [1.82, 2.24) is 4.98 Å². The molecule has 2 heterocycles. The van der Waals surface area contributed by atoms with Crippen LogP contribution in [0.5, 0.6) is 0 Å². The van der Waals surface area contributed by atoms with Crippen molar-refractivity contribution < 1.29 is 0 Å². The molecule has 1 aliphatic rings. The fraction of sp³-hybridized carbons (Fsp3) is 0.312. The summed E-state index contributed by atoms with van der Waals surface area (Å²) in [7, 11) is 0. The predicted octanol–water partition coefficient (Wildman–Crippen LogP) is 3.95. The van der Waals surface area contributed by atoms with Crippen LogP contribution in [0.2, 0.25) is 5.02 Å². The minimum atomic E-state index is 0.769. The number of benzene rings is 1. The van der Waals surface area contributed by atoms with Gasteiger partial charge in [0.25, 0.3) is 0 Å². The summed E-state index contributed by atoms with van der Waals surface area (Å²) in [4.78, 5) is 6.87. The Morgan fingerprint density at radius 3 is 2.45 bits per heavy atom. The number of hydrogen-bond donors (Lipinski definition) is 1. The van der Waals surface area contributed by atoms with Crippen molar-refractivity contribution in [1.29, 1.82) is 0 Å². The average Bonchev–Trinajstić information content (AvgIpc) is 3.01. The van der Waals surface area contributed by atoms with Crippen LogP contribution in [0, 0.1) is 0 Å². The van der Waals surface area contributed by atoms with E-state index in [-0.39, 0.29) is 0 Å².